The van der Waals surface area contributed by atoms with E-state index in [0.29, 0.717) is 58.3 Å². The molecule has 1 saturated heterocycles. The van der Waals surface area contributed by atoms with Crippen molar-refractivity contribution in [3.05, 3.63) is 41.4 Å². The fourth-order valence-electron chi connectivity index (χ4n) is 5.91. The molecule has 2 amide bonds. The van der Waals surface area contributed by atoms with Gasteiger partial charge in [0.15, 0.2) is 11.3 Å². The lowest BCUT2D eigenvalue weighted by molar-refractivity contribution is -0.131. The highest BCUT2D eigenvalue weighted by Gasteiger charge is 2.31. The molecule has 218 valence electrons. The minimum absolute atomic E-state index is 0.254. The summed E-state index contributed by atoms with van der Waals surface area (Å²) in [6.07, 6.45) is 11.0. The average Bonchev–Trinajstić information content (AvgIpc) is 3.42. The number of nitrogens with one attached hydrogen (secondary N) is 3. The number of likely N-dealkylation sites (N-methyl/N-ethyl adjacent to an activating group) is 1. The van der Waals surface area contributed by atoms with Gasteiger partial charge in [-0.2, -0.15) is 0 Å². The fraction of sp³-hybridized carbons (Fsp3) is 0.552. The number of hydrogen-bond acceptors (Lipinski definition) is 8. The summed E-state index contributed by atoms with van der Waals surface area (Å²) in [6.45, 7) is 1.72. The molecule has 1 atom stereocenters. The first kappa shape index (κ1) is 27.7. The van der Waals surface area contributed by atoms with Gasteiger partial charge < -0.3 is 25.8 Å². The van der Waals surface area contributed by atoms with Gasteiger partial charge in [-0.25, -0.2) is 14.5 Å². The first-order chi connectivity index (χ1) is 19.8. The summed E-state index contributed by atoms with van der Waals surface area (Å²) < 4.78 is 1.60. The van der Waals surface area contributed by atoms with Crippen molar-refractivity contribution in [3.63, 3.8) is 0 Å². The Morgan fingerprint density at radius 2 is 1.78 bits per heavy atom. The minimum atomic E-state index is -0.332. The number of aromatic nitrogens is 4. The highest BCUT2D eigenvalue weighted by atomic mass is 35.5. The number of fused-ring (bicyclic) bond motifs is 1. The van der Waals surface area contributed by atoms with E-state index >= 15 is 0 Å². The Balaban J connectivity index is 1.11. The quantitative estimate of drug-likeness (QED) is 0.324. The van der Waals surface area contributed by atoms with Gasteiger partial charge in [-0.15, -0.1) is 5.10 Å². The first-order valence-electron chi connectivity index (χ1n) is 14.6. The van der Waals surface area contributed by atoms with Gasteiger partial charge in [-0.3, -0.25) is 9.59 Å². The van der Waals surface area contributed by atoms with E-state index < -0.39 is 0 Å². The number of anilines is 3. The van der Waals surface area contributed by atoms with E-state index in [4.69, 9.17) is 16.7 Å². The lowest BCUT2D eigenvalue weighted by Gasteiger charge is -2.30. The summed E-state index contributed by atoms with van der Waals surface area (Å²) in [5.41, 5.74) is 2.35. The lowest BCUT2D eigenvalue weighted by atomic mass is 9.84. The van der Waals surface area contributed by atoms with Crippen LogP contribution in [-0.4, -0.2) is 86.5 Å². The van der Waals surface area contributed by atoms with Crippen LogP contribution in [0.5, 0.6) is 0 Å². The van der Waals surface area contributed by atoms with Crippen LogP contribution in [0.15, 0.2) is 30.6 Å². The van der Waals surface area contributed by atoms with Crippen LogP contribution in [0, 0.1) is 5.92 Å². The largest absolute Gasteiger partial charge is 0.379 e. The van der Waals surface area contributed by atoms with Crippen molar-refractivity contribution < 1.29 is 9.59 Å². The molecule has 41 heavy (non-hydrogen) atoms. The van der Waals surface area contributed by atoms with Crippen LogP contribution in [0.2, 0.25) is 5.15 Å². The van der Waals surface area contributed by atoms with E-state index in [0.717, 1.165) is 63.7 Å². The number of imidazole rings is 1. The lowest BCUT2D eigenvalue weighted by Crippen LogP contribution is -2.36. The van der Waals surface area contributed by atoms with Crippen LogP contribution >= 0.6 is 11.6 Å². The van der Waals surface area contributed by atoms with Crippen LogP contribution in [0.1, 0.15) is 61.9 Å². The molecule has 0 radical (unpaired) electrons. The predicted molar refractivity (Wildman–Crippen MR) is 159 cm³/mol. The monoisotopic (exact) mass is 579 g/mol. The molecule has 3 aromatic rings. The van der Waals surface area contributed by atoms with Crippen molar-refractivity contribution in [2.24, 2.45) is 5.92 Å². The van der Waals surface area contributed by atoms with Gasteiger partial charge in [0.25, 0.3) is 5.91 Å². The Kier molecular flexibility index (Phi) is 7.99. The zero-order chi connectivity index (χ0) is 28.5. The molecule has 11 nitrogen and oxygen atoms in total. The van der Waals surface area contributed by atoms with Crippen LogP contribution in [0.25, 0.3) is 5.65 Å². The summed E-state index contributed by atoms with van der Waals surface area (Å²) in [5, 5.41) is 15.1. The summed E-state index contributed by atoms with van der Waals surface area (Å²) in [7, 11) is 4.18. The predicted octanol–water partition coefficient (Wildman–Crippen LogP) is 4.13. The summed E-state index contributed by atoms with van der Waals surface area (Å²) >= 11 is 5.99. The van der Waals surface area contributed by atoms with E-state index in [2.05, 4.69) is 44.9 Å². The summed E-state index contributed by atoms with van der Waals surface area (Å²) in [4.78, 5) is 38.8. The Hall–Kier alpha value is -3.44. The van der Waals surface area contributed by atoms with Crippen molar-refractivity contribution in [2.75, 3.05) is 43.1 Å². The number of hydrogen-bond donors (Lipinski definition) is 3. The average molecular weight is 580 g/mol. The maximum Gasteiger partial charge on any atom is 0.276 e. The van der Waals surface area contributed by atoms with Gasteiger partial charge in [0.1, 0.15) is 11.0 Å². The Bertz CT molecular complexity index is 1410. The van der Waals surface area contributed by atoms with Gasteiger partial charge in [-0.05, 0) is 77.1 Å². The second-order valence-corrected chi connectivity index (χ2v) is 12.3. The van der Waals surface area contributed by atoms with Crippen LogP contribution in [-0.2, 0) is 4.79 Å². The van der Waals surface area contributed by atoms with Crippen molar-refractivity contribution in [1.82, 2.24) is 29.4 Å². The van der Waals surface area contributed by atoms with Crippen LogP contribution in [0.4, 0.5) is 17.2 Å². The van der Waals surface area contributed by atoms with Crippen molar-refractivity contribution in [2.45, 2.75) is 69.5 Å². The molecular formula is C29H38ClN9O2. The highest BCUT2D eigenvalue weighted by molar-refractivity contribution is 6.29. The zero-order valence-corrected chi connectivity index (χ0v) is 24.4. The Morgan fingerprint density at radius 1 is 1.02 bits per heavy atom. The SMILES string of the molecule is CN(C)[C@H]1CCN(C(=O)CC2CCC(Nc3cc(NC4CC4)c4ncc(C(=O)Nc5ccnc(Cl)c5)n4n3)CC2)C1. The molecule has 2 saturated carbocycles. The molecule has 2 aliphatic carbocycles. The number of carbonyl (C=O) groups excluding carboxylic acids is 2. The molecule has 0 aromatic carbocycles. The van der Waals surface area contributed by atoms with Crippen LogP contribution in [0.3, 0.4) is 0 Å². The zero-order valence-electron chi connectivity index (χ0n) is 23.6. The van der Waals surface area contributed by atoms with Crippen molar-refractivity contribution in [1.29, 1.82) is 0 Å². The maximum atomic E-state index is 13.2. The number of amides is 2. The maximum absolute atomic E-state index is 13.2. The molecule has 4 heterocycles. The summed E-state index contributed by atoms with van der Waals surface area (Å²) in [5.74, 6) is 1.09. The second kappa shape index (κ2) is 11.8. The molecule has 3 fully saturated rings. The van der Waals surface area contributed by atoms with Crippen molar-refractivity contribution >= 4 is 46.3 Å². The van der Waals surface area contributed by atoms with Gasteiger partial charge in [0, 0.05) is 55.6 Å². The van der Waals surface area contributed by atoms with E-state index in [1.807, 2.05) is 11.0 Å². The topological polar surface area (TPSA) is 120 Å². The number of likely N-dealkylation sites (tertiary alicyclic amines) is 1. The van der Waals surface area contributed by atoms with E-state index in [1.165, 1.54) is 0 Å². The molecule has 3 aliphatic rings. The molecule has 0 bridgehead atoms. The third-order valence-electron chi connectivity index (χ3n) is 8.53. The van der Waals surface area contributed by atoms with Gasteiger partial charge in [0.2, 0.25) is 5.91 Å². The first-order valence-corrected chi connectivity index (χ1v) is 15.0. The highest BCUT2D eigenvalue weighted by Crippen LogP contribution is 2.32. The smallest absolute Gasteiger partial charge is 0.276 e. The third-order valence-corrected chi connectivity index (χ3v) is 8.74. The molecular weight excluding hydrogens is 542 g/mol. The molecule has 12 heteroatoms. The molecule has 3 aromatic heterocycles. The molecule has 3 N–H and O–H groups in total. The molecule has 0 unspecified atom stereocenters. The van der Waals surface area contributed by atoms with Gasteiger partial charge in [-0.1, -0.05) is 11.6 Å². The molecule has 1 aliphatic heterocycles. The number of nitrogens with zero attached hydrogens (tertiary/aromatic N) is 6. The molecule has 0 spiro atoms. The molecule has 6 rings (SSSR count). The van der Waals surface area contributed by atoms with Crippen molar-refractivity contribution in [3.8, 4) is 0 Å². The van der Waals surface area contributed by atoms with Gasteiger partial charge in [0.05, 0.1) is 11.9 Å². The van der Waals surface area contributed by atoms with E-state index in [9.17, 15) is 9.59 Å². The Labute approximate surface area is 245 Å². The van der Waals surface area contributed by atoms with Crippen LogP contribution < -0.4 is 16.0 Å². The standard InChI is InChI=1S/C29H38ClN9O2/c1-37(2)22-10-12-38(17-22)27(40)13-18-3-5-20(6-4-18)34-26-15-23(33-19-7-8-19)28-32-16-24(39(28)36-26)29(41)35-21-9-11-31-25(30)14-21/h9,11,14-16,18-20,22,33H,3-8,10,12-13,17H2,1-2H3,(H,34,36)(H,31,35,41)/t18?,20?,22-/m0/s1. The number of carbonyl (C=O) groups is 2. The number of halogens is 1. The normalized spacial score (nSPS) is 22.7. The van der Waals surface area contributed by atoms with E-state index in [-0.39, 0.29) is 11.9 Å². The number of pyridine rings is 1. The Morgan fingerprint density at radius 3 is 2.49 bits per heavy atom. The summed E-state index contributed by atoms with van der Waals surface area (Å²) in [6, 6.07) is 6.42. The fourth-order valence-corrected chi connectivity index (χ4v) is 6.08. The van der Waals surface area contributed by atoms with Gasteiger partial charge >= 0.3 is 0 Å². The second-order valence-electron chi connectivity index (χ2n) is 11.9. The van der Waals surface area contributed by atoms with E-state index in [1.54, 1.807) is 29.0 Å². The minimum Gasteiger partial charge on any atom is -0.379 e. The number of rotatable bonds is 9. The third kappa shape index (κ3) is 6.56.